The maximum atomic E-state index is 13.9. The van der Waals surface area contributed by atoms with Crippen molar-refractivity contribution in [2.24, 2.45) is 5.73 Å². The molecule has 0 heterocycles. The molecular formula is C23H26F5N3O3S. The van der Waals surface area contributed by atoms with E-state index in [2.05, 4.69) is 10.6 Å². The van der Waals surface area contributed by atoms with Gasteiger partial charge >= 0.3 is 6.18 Å². The fraction of sp³-hybridized carbons (Fsp3) is 0.435. The van der Waals surface area contributed by atoms with Gasteiger partial charge in [-0.05, 0) is 48.6 Å². The quantitative estimate of drug-likeness (QED) is 0.344. The van der Waals surface area contributed by atoms with Gasteiger partial charge in [0.1, 0.15) is 6.04 Å². The number of benzene rings is 2. The third-order valence-corrected chi connectivity index (χ3v) is 6.72. The predicted molar refractivity (Wildman–Crippen MR) is 120 cm³/mol. The molecule has 1 fully saturated rings. The highest BCUT2D eigenvalue weighted by atomic mass is 32.2. The van der Waals surface area contributed by atoms with Crippen LogP contribution in [0.15, 0.2) is 53.4 Å². The third kappa shape index (κ3) is 7.45. The van der Waals surface area contributed by atoms with Gasteiger partial charge in [-0.3, -0.25) is 10.1 Å². The zero-order chi connectivity index (χ0) is 26.2. The van der Waals surface area contributed by atoms with Crippen LogP contribution in [-0.4, -0.2) is 44.4 Å². The fourth-order valence-electron chi connectivity index (χ4n) is 3.52. The molecule has 2 aromatic carbocycles. The fourth-order valence-corrected chi connectivity index (χ4v) is 4.15. The van der Waals surface area contributed by atoms with Gasteiger partial charge < -0.3 is 11.1 Å². The molecule has 3 rings (SSSR count). The molecule has 0 aliphatic heterocycles. The van der Waals surface area contributed by atoms with Crippen molar-refractivity contribution in [1.82, 2.24) is 10.6 Å². The van der Waals surface area contributed by atoms with Crippen molar-refractivity contribution in [2.75, 3.05) is 6.26 Å². The van der Waals surface area contributed by atoms with Gasteiger partial charge in [-0.25, -0.2) is 17.2 Å². The number of sulfone groups is 1. The topological polar surface area (TPSA) is 101 Å². The van der Waals surface area contributed by atoms with Crippen molar-refractivity contribution in [3.05, 3.63) is 54.1 Å². The van der Waals surface area contributed by atoms with E-state index in [-0.39, 0.29) is 10.5 Å². The lowest BCUT2D eigenvalue weighted by atomic mass is 9.99. The van der Waals surface area contributed by atoms with Crippen LogP contribution in [0.25, 0.3) is 11.1 Å². The van der Waals surface area contributed by atoms with Crippen LogP contribution in [-0.2, 0) is 14.6 Å². The summed E-state index contributed by atoms with van der Waals surface area (Å²) >= 11 is 0. The molecule has 4 N–H and O–H groups in total. The van der Waals surface area contributed by atoms with Crippen molar-refractivity contribution in [1.29, 1.82) is 0 Å². The Morgan fingerprint density at radius 3 is 1.89 bits per heavy atom. The normalized spacial score (nSPS) is 17.5. The van der Waals surface area contributed by atoms with Crippen LogP contribution in [0.3, 0.4) is 0 Å². The largest absolute Gasteiger partial charge is 0.407 e. The van der Waals surface area contributed by atoms with Crippen molar-refractivity contribution in [3.63, 3.8) is 0 Å². The monoisotopic (exact) mass is 519 g/mol. The lowest BCUT2D eigenvalue weighted by molar-refractivity contribution is -0.162. The first-order chi connectivity index (χ1) is 16.0. The number of rotatable bonds is 9. The summed E-state index contributed by atoms with van der Waals surface area (Å²) in [5.74, 6) is -4.43. The summed E-state index contributed by atoms with van der Waals surface area (Å²) < 4.78 is 92.4. The average molecular weight is 520 g/mol. The van der Waals surface area contributed by atoms with Crippen LogP contribution in [0.4, 0.5) is 22.0 Å². The van der Waals surface area contributed by atoms with Gasteiger partial charge in [-0.15, -0.1) is 0 Å². The van der Waals surface area contributed by atoms with Gasteiger partial charge in [0, 0.05) is 12.7 Å². The van der Waals surface area contributed by atoms with Crippen LogP contribution in [0.5, 0.6) is 0 Å². The Morgan fingerprint density at radius 1 is 1.00 bits per heavy atom. The van der Waals surface area contributed by atoms with E-state index in [9.17, 15) is 35.2 Å². The second-order valence-corrected chi connectivity index (χ2v) is 11.0. The first-order valence-electron chi connectivity index (χ1n) is 10.7. The minimum absolute atomic E-state index is 0.0988. The minimum atomic E-state index is -4.89. The number of amides is 1. The zero-order valence-electron chi connectivity index (χ0n) is 19.0. The van der Waals surface area contributed by atoms with Crippen molar-refractivity contribution >= 4 is 15.7 Å². The van der Waals surface area contributed by atoms with Gasteiger partial charge in [-0.2, -0.15) is 13.2 Å². The van der Waals surface area contributed by atoms with E-state index in [0.717, 1.165) is 6.26 Å². The maximum absolute atomic E-state index is 13.9. The summed E-state index contributed by atoms with van der Waals surface area (Å²) in [5, 5.41) is 4.40. The number of halogens is 5. The molecule has 12 heteroatoms. The van der Waals surface area contributed by atoms with Crippen molar-refractivity contribution < 1.29 is 35.2 Å². The SMILES string of the molecule is CC(F)(F)C[C@H](N[C@@H](c1ccc(-c2ccc(S(C)(=O)=O)cc2)cc1)C(F)(F)F)C(=O)NC1(N)CC1. The van der Waals surface area contributed by atoms with E-state index >= 15 is 0 Å². The molecule has 35 heavy (non-hydrogen) atoms. The lowest BCUT2D eigenvalue weighted by Crippen LogP contribution is -2.55. The Bertz CT molecular complexity index is 1160. The molecule has 1 aliphatic rings. The summed E-state index contributed by atoms with van der Waals surface area (Å²) in [7, 11) is -3.40. The molecule has 0 bridgehead atoms. The van der Waals surface area contributed by atoms with Gasteiger partial charge in [-0.1, -0.05) is 36.4 Å². The van der Waals surface area contributed by atoms with Crippen LogP contribution in [0.2, 0.25) is 0 Å². The number of hydrogen-bond acceptors (Lipinski definition) is 5. The highest BCUT2D eigenvalue weighted by molar-refractivity contribution is 7.90. The van der Waals surface area contributed by atoms with Gasteiger partial charge in [0.05, 0.1) is 16.6 Å². The molecule has 1 aliphatic carbocycles. The first kappa shape index (κ1) is 27.0. The first-order valence-corrected chi connectivity index (χ1v) is 12.6. The van der Waals surface area contributed by atoms with Crippen LogP contribution in [0, 0.1) is 0 Å². The van der Waals surface area contributed by atoms with Crippen LogP contribution >= 0.6 is 0 Å². The highest BCUT2D eigenvalue weighted by Gasteiger charge is 2.46. The second kappa shape index (κ2) is 9.47. The lowest BCUT2D eigenvalue weighted by Gasteiger charge is -2.29. The molecule has 0 aromatic heterocycles. The van der Waals surface area contributed by atoms with Gasteiger partial charge in [0.15, 0.2) is 9.84 Å². The van der Waals surface area contributed by atoms with E-state index in [0.29, 0.717) is 30.9 Å². The van der Waals surface area contributed by atoms with E-state index in [1.165, 1.54) is 48.5 Å². The Morgan fingerprint density at radius 2 is 1.49 bits per heavy atom. The Hall–Kier alpha value is -2.57. The molecule has 2 atom stereocenters. The minimum Gasteiger partial charge on any atom is -0.337 e. The van der Waals surface area contributed by atoms with Gasteiger partial charge in [0.2, 0.25) is 11.8 Å². The summed E-state index contributed by atoms with van der Waals surface area (Å²) in [6.07, 6.45) is -4.17. The Balaban J connectivity index is 1.85. The van der Waals surface area contributed by atoms with E-state index in [1.54, 1.807) is 0 Å². The molecule has 192 valence electrons. The number of carbonyl (C=O) groups is 1. The summed E-state index contributed by atoms with van der Waals surface area (Å²) in [6, 6.07) is 6.73. The summed E-state index contributed by atoms with van der Waals surface area (Å²) in [4.78, 5) is 12.6. The molecule has 1 saturated carbocycles. The van der Waals surface area contributed by atoms with Gasteiger partial charge in [0.25, 0.3) is 0 Å². The number of nitrogens with two attached hydrogens (primary N) is 1. The standard InChI is InChI=1S/C23H26F5N3O3S/c1-21(24,25)13-18(20(32)31-22(29)11-12-22)30-19(23(26,27)28)16-5-3-14(4-6-16)15-7-9-17(10-8-15)35(2,33)34/h3-10,18-19,30H,11-13,29H2,1-2H3,(H,31,32)/t18-,19-/m0/s1. The molecule has 6 nitrogen and oxygen atoms in total. The number of hydrogen-bond donors (Lipinski definition) is 3. The van der Waals surface area contributed by atoms with E-state index in [4.69, 9.17) is 5.73 Å². The van der Waals surface area contributed by atoms with E-state index in [1.807, 2.05) is 0 Å². The number of carbonyl (C=O) groups excluding carboxylic acids is 1. The molecule has 1 amide bonds. The summed E-state index contributed by atoms with van der Waals surface area (Å²) in [5.41, 5.74) is 5.51. The second-order valence-electron chi connectivity index (χ2n) is 9.03. The molecular weight excluding hydrogens is 493 g/mol. The smallest absolute Gasteiger partial charge is 0.337 e. The van der Waals surface area contributed by atoms with Crippen LogP contribution in [0.1, 0.15) is 37.8 Å². The van der Waals surface area contributed by atoms with Crippen molar-refractivity contribution in [3.8, 4) is 11.1 Å². The van der Waals surface area contributed by atoms with Crippen molar-refractivity contribution in [2.45, 2.75) is 60.9 Å². The van der Waals surface area contributed by atoms with E-state index < -0.39 is 52.0 Å². The number of nitrogens with one attached hydrogen (secondary N) is 2. The number of alkyl halides is 5. The Kier molecular flexibility index (Phi) is 7.31. The highest BCUT2D eigenvalue weighted by Crippen LogP contribution is 2.36. The molecule has 0 radical (unpaired) electrons. The molecule has 0 spiro atoms. The third-order valence-electron chi connectivity index (χ3n) is 5.59. The molecule has 0 saturated heterocycles. The molecule has 2 aromatic rings. The summed E-state index contributed by atoms with van der Waals surface area (Å²) in [6.45, 7) is 0.525. The Labute approximate surface area is 200 Å². The molecule has 0 unspecified atom stereocenters. The zero-order valence-corrected chi connectivity index (χ0v) is 19.8. The average Bonchev–Trinajstić information content (AvgIpc) is 3.45. The maximum Gasteiger partial charge on any atom is 0.407 e. The predicted octanol–water partition coefficient (Wildman–Crippen LogP) is 3.93. The van der Waals surface area contributed by atoms with Crippen LogP contribution < -0.4 is 16.4 Å².